The Kier molecular flexibility index (Phi) is 5.98. The molecule has 3 nitrogen and oxygen atoms in total. The average molecular weight is 414 g/mol. The van der Waals surface area contributed by atoms with Crippen molar-refractivity contribution in [2.75, 3.05) is 0 Å². The largest absolute Gasteiger partial charge is 0.229 e. The van der Waals surface area contributed by atoms with Gasteiger partial charge >= 0.3 is 0 Å². The molecule has 0 spiro atoms. The predicted octanol–water partition coefficient (Wildman–Crippen LogP) is 6.71. The first-order valence-electron chi connectivity index (χ1n) is 7.31. The van der Waals surface area contributed by atoms with E-state index in [0.29, 0.717) is 10.0 Å². The summed E-state index contributed by atoms with van der Waals surface area (Å²) in [5.74, 6) is 0. The fourth-order valence-corrected chi connectivity index (χ4v) is 4.48. The van der Waals surface area contributed by atoms with Crippen LogP contribution >= 0.6 is 46.3 Å². The summed E-state index contributed by atoms with van der Waals surface area (Å²) >= 11 is 15.0. The number of benzene rings is 2. The predicted molar refractivity (Wildman–Crippen MR) is 109 cm³/mol. The van der Waals surface area contributed by atoms with Crippen LogP contribution in [0.25, 0.3) is 15.1 Å². The zero-order valence-electron chi connectivity index (χ0n) is 13.1. The standard InChI is InChI=1S/C19H9Cl2N3S2/c20-14-4-2-13(3-5-14)17(7-1-12(10-22)11-23)25-19-24-16-9-15(21)6-8-18(16)26-19/h1-9H/b17-7-. The van der Waals surface area contributed by atoms with E-state index in [4.69, 9.17) is 33.7 Å². The zero-order valence-corrected chi connectivity index (χ0v) is 16.3. The minimum Gasteiger partial charge on any atom is -0.229 e. The topological polar surface area (TPSA) is 60.5 Å². The highest BCUT2D eigenvalue weighted by molar-refractivity contribution is 8.09. The van der Waals surface area contributed by atoms with Crippen LogP contribution in [-0.4, -0.2) is 4.98 Å². The molecule has 126 valence electrons. The Labute approximate surface area is 168 Å². The van der Waals surface area contributed by atoms with Crippen molar-refractivity contribution in [3.05, 3.63) is 75.8 Å². The van der Waals surface area contributed by atoms with E-state index in [1.807, 2.05) is 42.5 Å². The lowest BCUT2D eigenvalue weighted by Crippen LogP contribution is -1.81. The molecule has 0 atom stereocenters. The first-order chi connectivity index (χ1) is 12.6. The Hall–Kier alpha value is -2.28. The van der Waals surface area contributed by atoms with Crippen LogP contribution < -0.4 is 0 Å². The maximum absolute atomic E-state index is 8.94. The molecule has 0 saturated heterocycles. The number of rotatable bonds is 4. The van der Waals surface area contributed by atoms with E-state index in [1.165, 1.54) is 17.8 Å². The van der Waals surface area contributed by atoms with Gasteiger partial charge in [-0.25, -0.2) is 4.98 Å². The normalized spacial score (nSPS) is 11.0. The van der Waals surface area contributed by atoms with Gasteiger partial charge in [-0.3, -0.25) is 0 Å². The molecular weight excluding hydrogens is 405 g/mol. The van der Waals surface area contributed by atoms with Crippen LogP contribution in [0.1, 0.15) is 5.56 Å². The summed E-state index contributed by atoms with van der Waals surface area (Å²) in [5.41, 5.74) is 1.79. The molecule has 1 heterocycles. The Morgan fingerprint density at radius 3 is 2.38 bits per heavy atom. The molecule has 2 aromatic carbocycles. The van der Waals surface area contributed by atoms with E-state index in [-0.39, 0.29) is 5.57 Å². The maximum Gasteiger partial charge on any atom is 0.155 e. The third-order valence-electron chi connectivity index (χ3n) is 3.30. The molecule has 0 fully saturated rings. The lowest BCUT2D eigenvalue weighted by atomic mass is 10.2. The number of nitriles is 2. The number of aromatic nitrogens is 1. The van der Waals surface area contributed by atoms with Gasteiger partial charge in [-0.05, 0) is 48.0 Å². The van der Waals surface area contributed by atoms with Gasteiger partial charge in [0, 0.05) is 15.0 Å². The van der Waals surface area contributed by atoms with Gasteiger partial charge in [0.1, 0.15) is 17.7 Å². The van der Waals surface area contributed by atoms with E-state index in [2.05, 4.69) is 4.98 Å². The summed E-state index contributed by atoms with van der Waals surface area (Å²) in [4.78, 5) is 5.46. The maximum atomic E-state index is 8.94. The van der Waals surface area contributed by atoms with Crippen molar-refractivity contribution in [1.82, 2.24) is 4.98 Å². The number of halogens is 2. The van der Waals surface area contributed by atoms with Crippen LogP contribution in [0.5, 0.6) is 0 Å². The number of thioether (sulfide) groups is 1. The second kappa shape index (κ2) is 8.40. The average Bonchev–Trinajstić information content (AvgIpc) is 3.03. The molecular formula is C19H9Cl2N3S2. The third kappa shape index (κ3) is 4.46. The summed E-state index contributed by atoms with van der Waals surface area (Å²) in [6, 6.07) is 16.7. The zero-order chi connectivity index (χ0) is 18.5. The van der Waals surface area contributed by atoms with Crippen molar-refractivity contribution in [1.29, 1.82) is 10.5 Å². The molecule has 3 rings (SSSR count). The first kappa shape index (κ1) is 18.5. The summed E-state index contributed by atoms with van der Waals surface area (Å²) < 4.78 is 1.88. The van der Waals surface area contributed by atoms with Crippen molar-refractivity contribution in [2.24, 2.45) is 0 Å². The molecule has 0 saturated carbocycles. The van der Waals surface area contributed by atoms with Gasteiger partial charge in [0.2, 0.25) is 0 Å². The highest BCUT2D eigenvalue weighted by Crippen LogP contribution is 2.39. The van der Waals surface area contributed by atoms with Crippen molar-refractivity contribution in [3.8, 4) is 12.1 Å². The minimum absolute atomic E-state index is 0.0353. The molecule has 26 heavy (non-hydrogen) atoms. The molecule has 0 aliphatic carbocycles. The fraction of sp³-hybridized carbons (Fsp3) is 0. The smallest absolute Gasteiger partial charge is 0.155 e. The van der Waals surface area contributed by atoms with Crippen LogP contribution in [-0.2, 0) is 0 Å². The molecule has 0 unspecified atom stereocenters. The Morgan fingerprint density at radius 1 is 1.00 bits per heavy atom. The van der Waals surface area contributed by atoms with Gasteiger partial charge in [0.25, 0.3) is 0 Å². The fourth-order valence-electron chi connectivity index (χ4n) is 2.08. The van der Waals surface area contributed by atoms with Gasteiger partial charge in [0.15, 0.2) is 4.34 Å². The summed E-state index contributed by atoms with van der Waals surface area (Å²) in [7, 11) is 0. The van der Waals surface area contributed by atoms with Gasteiger partial charge in [-0.2, -0.15) is 10.5 Å². The highest BCUT2D eigenvalue weighted by Gasteiger charge is 2.10. The van der Waals surface area contributed by atoms with Gasteiger partial charge in [-0.1, -0.05) is 47.1 Å². The molecule has 0 N–H and O–H groups in total. The SMILES string of the molecule is N#CC(C#N)=C/C=C(\Sc1nc2cc(Cl)ccc2s1)c1ccc(Cl)cc1. The van der Waals surface area contributed by atoms with E-state index < -0.39 is 0 Å². The Morgan fingerprint density at radius 2 is 1.69 bits per heavy atom. The number of thiazole rings is 1. The van der Waals surface area contributed by atoms with Crippen LogP contribution in [0.2, 0.25) is 10.0 Å². The van der Waals surface area contributed by atoms with Crippen molar-refractivity contribution in [2.45, 2.75) is 4.34 Å². The third-order valence-corrected chi connectivity index (χ3v) is 5.97. The van der Waals surface area contributed by atoms with E-state index in [0.717, 1.165) is 25.0 Å². The highest BCUT2D eigenvalue weighted by atomic mass is 35.5. The Bertz CT molecular complexity index is 1080. The number of hydrogen-bond acceptors (Lipinski definition) is 5. The lowest BCUT2D eigenvalue weighted by Gasteiger charge is -2.05. The molecule has 3 aromatic rings. The van der Waals surface area contributed by atoms with Crippen molar-refractivity contribution >= 4 is 61.4 Å². The van der Waals surface area contributed by atoms with Crippen molar-refractivity contribution in [3.63, 3.8) is 0 Å². The van der Waals surface area contributed by atoms with Gasteiger partial charge in [0.05, 0.1) is 10.2 Å². The number of nitrogens with zero attached hydrogens (tertiary/aromatic N) is 3. The van der Waals surface area contributed by atoms with Crippen LogP contribution in [0.15, 0.2) is 64.5 Å². The number of hydrogen-bond donors (Lipinski definition) is 0. The first-order valence-corrected chi connectivity index (χ1v) is 9.70. The van der Waals surface area contributed by atoms with E-state index in [1.54, 1.807) is 29.5 Å². The molecule has 0 radical (unpaired) electrons. The van der Waals surface area contributed by atoms with Crippen LogP contribution in [0.4, 0.5) is 0 Å². The summed E-state index contributed by atoms with van der Waals surface area (Å²) in [6.07, 6.45) is 3.25. The Balaban J connectivity index is 2.00. The number of fused-ring (bicyclic) bond motifs is 1. The quantitative estimate of drug-likeness (QED) is 0.270. The van der Waals surface area contributed by atoms with Crippen LogP contribution in [0.3, 0.4) is 0 Å². The minimum atomic E-state index is 0.0353. The number of allylic oxidation sites excluding steroid dienone is 3. The van der Waals surface area contributed by atoms with Crippen LogP contribution in [0, 0.1) is 22.7 Å². The monoisotopic (exact) mass is 413 g/mol. The second-order valence-electron chi connectivity index (χ2n) is 5.04. The van der Waals surface area contributed by atoms with E-state index >= 15 is 0 Å². The molecule has 7 heteroatoms. The second-order valence-corrected chi connectivity index (χ2v) is 8.23. The lowest BCUT2D eigenvalue weighted by molar-refractivity contribution is 1.31. The molecule has 1 aromatic heterocycles. The molecule has 0 bridgehead atoms. The molecule has 0 aliphatic heterocycles. The summed E-state index contributed by atoms with van der Waals surface area (Å²) in [6.45, 7) is 0. The summed E-state index contributed by atoms with van der Waals surface area (Å²) in [5, 5.41) is 19.2. The van der Waals surface area contributed by atoms with Crippen molar-refractivity contribution < 1.29 is 0 Å². The molecule has 0 amide bonds. The molecule has 0 aliphatic rings. The van der Waals surface area contributed by atoms with Gasteiger partial charge in [-0.15, -0.1) is 11.3 Å². The van der Waals surface area contributed by atoms with E-state index in [9.17, 15) is 0 Å². The van der Waals surface area contributed by atoms with Gasteiger partial charge < -0.3 is 0 Å².